The van der Waals surface area contributed by atoms with Gasteiger partial charge in [-0.25, -0.2) is 13.7 Å². The molecule has 0 saturated heterocycles. The Morgan fingerprint density at radius 1 is 0.875 bits per heavy atom. The Kier molecular flexibility index (Phi) is 4.79. The number of carbonyl (C=O) groups is 2. The standard InChI is InChI=1S/C23H13ClF2N2O4/c24-16-10-15(6-7-17(16)26)28-22(29)20(12-1-3-13(25)4-2-12)21(23(28)30)27-14-5-8-18-19(9-14)32-11-31-18/h1-10,27H,11H2. The highest BCUT2D eigenvalue weighted by molar-refractivity contribution is 6.46. The number of hydrogen-bond donors (Lipinski definition) is 1. The quantitative estimate of drug-likeness (QED) is 0.577. The van der Waals surface area contributed by atoms with Gasteiger partial charge in [0.25, 0.3) is 11.8 Å². The number of nitrogens with one attached hydrogen (secondary N) is 1. The van der Waals surface area contributed by atoms with Crippen LogP contribution in [0.3, 0.4) is 0 Å². The lowest BCUT2D eigenvalue weighted by Crippen LogP contribution is -2.32. The maximum Gasteiger partial charge on any atom is 0.282 e. The summed E-state index contributed by atoms with van der Waals surface area (Å²) < 4.78 is 37.8. The van der Waals surface area contributed by atoms with Crippen LogP contribution < -0.4 is 19.7 Å². The molecular weight excluding hydrogens is 442 g/mol. The summed E-state index contributed by atoms with van der Waals surface area (Å²) in [4.78, 5) is 27.5. The molecule has 9 heteroatoms. The molecule has 0 unspecified atom stereocenters. The summed E-state index contributed by atoms with van der Waals surface area (Å²) >= 11 is 5.86. The summed E-state index contributed by atoms with van der Waals surface area (Å²) in [7, 11) is 0. The van der Waals surface area contributed by atoms with E-state index in [1.54, 1.807) is 18.2 Å². The Balaban J connectivity index is 1.59. The number of imide groups is 1. The predicted octanol–water partition coefficient (Wildman–Crippen LogP) is 4.74. The zero-order chi connectivity index (χ0) is 22.4. The zero-order valence-corrected chi connectivity index (χ0v) is 17.0. The van der Waals surface area contributed by atoms with Crippen molar-refractivity contribution in [3.63, 3.8) is 0 Å². The number of fused-ring (bicyclic) bond motifs is 1. The van der Waals surface area contributed by atoms with E-state index in [0.717, 1.165) is 11.0 Å². The Morgan fingerprint density at radius 2 is 1.62 bits per heavy atom. The van der Waals surface area contributed by atoms with E-state index in [1.807, 2.05) is 0 Å². The van der Waals surface area contributed by atoms with Gasteiger partial charge in [0, 0.05) is 11.8 Å². The molecule has 3 aromatic rings. The summed E-state index contributed by atoms with van der Waals surface area (Å²) in [5, 5.41) is 2.74. The molecule has 160 valence electrons. The zero-order valence-electron chi connectivity index (χ0n) is 16.2. The number of rotatable bonds is 4. The lowest BCUT2D eigenvalue weighted by Gasteiger charge is -2.16. The highest BCUT2D eigenvalue weighted by atomic mass is 35.5. The van der Waals surface area contributed by atoms with Gasteiger partial charge >= 0.3 is 0 Å². The number of amides is 2. The van der Waals surface area contributed by atoms with Crippen LogP contribution in [0, 0.1) is 11.6 Å². The van der Waals surface area contributed by atoms with Gasteiger partial charge in [0.1, 0.15) is 17.3 Å². The fourth-order valence-electron chi connectivity index (χ4n) is 3.51. The molecule has 0 aliphatic carbocycles. The monoisotopic (exact) mass is 454 g/mol. The molecule has 2 heterocycles. The topological polar surface area (TPSA) is 67.9 Å². The van der Waals surface area contributed by atoms with Crippen molar-refractivity contribution >= 4 is 40.4 Å². The molecule has 5 rings (SSSR count). The van der Waals surface area contributed by atoms with Gasteiger partial charge in [0.2, 0.25) is 6.79 Å². The molecule has 0 atom stereocenters. The summed E-state index contributed by atoms with van der Waals surface area (Å²) in [5.41, 5.74) is 0.926. The Morgan fingerprint density at radius 3 is 2.38 bits per heavy atom. The maximum absolute atomic E-state index is 13.6. The summed E-state index contributed by atoms with van der Waals surface area (Å²) in [6.45, 7) is 0.0822. The Bertz CT molecular complexity index is 1310. The van der Waals surface area contributed by atoms with Gasteiger partial charge in [-0.1, -0.05) is 23.7 Å². The van der Waals surface area contributed by atoms with E-state index in [1.165, 1.54) is 36.4 Å². The maximum atomic E-state index is 13.6. The minimum Gasteiger partial charge on any atom is -0.454 e. The Labute approximate surface area is 185 Å². The molecule has 0 spiro atoms. The van der Waals surface area contributed by atoms with Crippen LogP contribution in [0.5, 0.6) is 11.5 Å². The number of halogens is 3. The van der Waals surface area contributed by atoms with Crippen molar-refractivity contribution in [2.45, 2.75) is 0 Å². The number of carbonyl (C=O) groups excluding carboxylic acids is 2. The van der Waals surface area contributed by atoms with Gasteiger partial charge in [0.05, 0.1) is 16.3 Å². The fourth-order valence-corrected chi connectivity index (χ4v) is 3.68. The molecular formula is C23H13ClF2N2O4. The second-order valence-corrected chi connectivity index (χ2v) is 7.40. The fraction of sp³-hybridized carbons (Fsp3) is 0.0435. The van der Waals surface area contributed by atoms with Gasteiger partial charge in [-0.15, -0.1) is 0 Å². The van der Waals surface area contributed by atoms with Crippen molar-refractivity contribution in [3.05, 3.63) is 88.6 Å². The minimum absolute atomic E-state index is 0.0269. The van der Waals surface area contributed by atoms with Gasteiger partial charge in [-0.3, -0.25) is 9.59 Å². The summed E-state index contributed by atoms with van der Waals surface area (Å²) in [6.07, 6.45) is 0. The highest BCUT2D eigenvalue weighted by Crippen LogP contribution is 2.38. The summed E-state index contributed by atoms with van der Waals surface area (Å²) in [5.74, 6) is -1.46. The lowest BCUT2D eigenvalue weighted by molar-refractivity contribution is -0.120. The molecule has 2 aliphatic heterocycles. The SMILES string of the molecule is O=C1C(Nc2ccc3c(c2)OCO3)=C(c2ccc(F)cc2)C(=O)N1c1ccc(F)c(Cl)c1. The third-order valence-electron chi connectivity index (χ3n) is 5.02. The minimum atomic E-state index is -0.681. The van der Waals surface area contributed by atoms with Gasteiger partial charge in [0.15, 0.2) is 11.5 Å². The predicted molar refractivity (Wildman–Crippen MR) is 113 cm³/mol. The molecule has 32 heavy (non-hydrogen) atoms. The van der Waals surface area contributed by atoms with E-state index in [9.17, 15) is 18.4 Å². The van der Waals surface area contributed by atoms with Crippen molar-refractivity contribution in [2.24, 2.45) is 0 Å². The number of benzene rings is 3. The van der Waals surface area contributed by atoms with Crippen molar-refractivity contribution in [1.82, 2.24) is 0 Å². The first-order valence-corrected chi connectivity index (χ1v) is 9.81. The van der Waals surface area contributed by atoms with Crippen molar-refractivity contribution in [2.75, 3.05) is 17.0 Å². The average Bonchev–Trinajstić information content (AvgIpc) is 3.33. The van der Waals surface area contributed by atoms with Crippen LogP contribution in [-0.4, -0.2) is 18.6 Å². The molecule has 0 fully saturated rings. The molecule has 0 radical (unpaired) electrons. The molecule has 6 nitrogen and oxygen atoms in total. The van der Waals surface area contributed by atoms with Crippen LogP contribution in [0.4, 0.5) is 20.2 Å². The second-order valence-electron chi connectivity index (χ2n) is 6.99. The first-order chi connectivity index (χ1) is 15.4. The molecule has 0 bridgehead atoms. The second kappa shape index (κ2) is 7.65. The van der Waals surface area contributed by atoms with Crippen LogP contribution in [0.2, 0.25) is 5.02 Å². The van der Waals surface area contributed by atoms with Crippen molar-refractivity contribution in [3.8, 4) is 11.5 Å². The smallest absolute Gasteiger partial charge is 0.282 e. The largest absolute Gasteiger partial charge is 0.454 e. The van der Waals surface area contributed by atoms with E-state index >= 15 is 0 Å². The van der Waals surface area contributed by atoms with Gasteiger partial charge in [-0.05, 0) is 48.0 Å². The molecule has 2 amide bonds. The third-order valence-corrected chi connectivity index (χ3v) is 5.31. The molecule has 0 saturated carbocycles. The number of ether oxygens (including phenoxy) is 2. The molecule has 1 N–H and O–H groups in total. The van der Waals surface area contributed by atoms with Crippen LogP contribution in [0.15, 0.2) is 66.4 Å². The van der Waals surface area contributed by atoms with E-state index in [-0.39, 0.29) is 28.8 Å². The van der Waals surface area contributed by atoms with E-state index in [0.29, 0.717) is 22.7 Å². The number of nitrogens with zero attached hydrogens (tertiary/aromatic N) is 1. The molecule has 2 aliphatic rings. The summed E-state index contributed by atoms with van der Waals surface area (Å²) in [6, 6.07) is 13.7. The van der Waals surface area contributed by atoms with Crippen molar-refractivity contribution < 1.29 is 27.8 Å². The third kappa shape index (κ3) is 3.34. The van der Waals surface area contributed by atoms with E-state index < -0.39 is 23.4 Å². The van der Waals surface area contributed by atoms with Crippen LogP contribution >= 0.6 is 11.6 Å². The van der Waals surface area contributed by atoms with E-state index in [4.69, 9.17) is 21.1 Å². The average molecular weight is 455 g/mol. The van der Waals surface area contributed by atoms with E-state index in [2.05, 4.69) is 5.32 Å². The number of anilines is 2. The van der Waals surface area contributed by atoms with Crippen molar-refractivity contribution in [1.29, 1.82) is 0 Å². The highest BCUT2D eigenvalue weighted by Gasteiger charge is 2.40. The van der Waals surface area contributed by atoms with Crippen LogP contribution in [0.1, 0.15) is 5.56 Å². The first kappa shape index (κ1) is 20.0. The number of hydrogen-bond acceptors (Lipinski definition) is 5. The Hall–Kier alpha value is -3.91. The lowest BCUT2D eigenvalue weighted by atomic mass is 10.0. The van der Waals surface area contributed by atoms with Gasteiger partial charge < -0.3 is 14.8 Å². The van der Waals surface area contributed by atoms with Crippen LogP contribution in [0.25, 0.3) is 5.57 Å². The van der Waals surface area contributed by atoms with Gasteiger partial charge in [-0.2, -0.15) is 0 Å². The van der Waals surface area contributed by atoms with Crippen LogP contribution in [-0.2, 0) is 9.59 Å². The first-order valence-electron chi connectivity index (χ1n) is 9.43. The normalized spacial score (nSPS) is 15.0. The molecule has 0 aromatic heterocycles. The molecule has 3 aromatic carbocycles.